The summed E-state index contributed by atoms with van der Waals surface area (Å²) in [4.78, 5) is 17.4. The second-order valence-corrected chi connectivity index (χ2v) is 7.11. The van der Waals surface area contributed by atoms with Crippen LogP contribution in [0.1, 0.15) is 33.6 Å². The number of hydrogen-bond donors (Lipinski definition) is 3. The van der Waals surface area contributed by atoms with Crippen LogP contribution in [0.3, 0.4) is 0 Å². The van der Waals surface area contributed by atoms with E-state index in [0.717, 1.165) is 30.8 Å². The third kappa shape index (κ3) is 8.21. The molecular formula is C19H24F3IN4OS. The van der Waals surface area contributed by atoms with Gasteiger partial charge in [-0.2, -0.15) is 13.2 Å². The molecule has 0 aliphatic rings. The molecule has 0 bridgehead atoms. The van der Waals surface area contributed by atoms with Crippen molar-refractivity contribution in [2.24, 2.45) is 4.99 Å². The summed E-state index contributed by atoms with van der Waals surface area (Å²) in [5.74, 6) is 0.537. The van der Waals surface area contributed by atoms with E-state index in [9.17, 15) is 18.0 Å². The zero-order valence-corrected chi connectivity index (χ0v) is 19.2. The van der Waals surface area contributed by atoms with Crippen LogP contribution in [0.4, 0.5) is 13.2 Å². The third-order valence-corrected chi connectivity index (χ3v) is 5.11. The van der Waals surface area contributed by atoms with E-state index in [2.05, 4.69) is 33.9 Å². The lowest BCUT2D eigenvalue weighted by atomic mass is 10.1. The molecule has 0 aliphatic heterocycles. The molecule has 2 aromatic rings. The molecule has 160 valence electrons. The number of amides is 1. The Labute approximate surface area is 189 Å². The minimum atomic E-state index is -4.41. The van der Waals surface area contributed by atoms with Gasteiger partial charge in [0.25, 0.3) is 5.91 Å². The summed E-state index contributed by atoms with van der Waals surface area (Å²) in [6.45, 7) is 3.58. The summed E-state index contributed by atoms with van der Waals surface area (Å²) < 4.78 is 37.6. The van der Waals surface area contributed by atoms with Gasteiger partial charge in [0.2, 0.25) is 0 Å². The highest BCUT2D eigenvalue weighted by Crippen LogP contribution is 2.29. The first-order valence-corrected chi connectivity index (χ1v) is 9.62. The van der Waals surface area contributed by atoms with Gasteiger partial charge < -0.3 is 16.0 Å². The number of carbonyl (C=O) groups is 1. The van der Waals surface area contributed by atoms with Crippen LogP contribution in [0.15, 0.2) is 46.8 Å². The van der Waals surface area contributed by atoms with Crippen LogP contribution in [0.5, 0.6) is 0 Å². The fourth-order valence-electron chi connectivity index (χ4n) is 2.41. The van der Waals surface area contributed by atoms with Crippen LogP contribution >= 0.6 is 35.3 Å². The number of halogens is 4. The average molecular weight is 540 g/mol. The second kappa shape index (κ2) is 12.0. The fourth-order valence-corrected chi connectivity index (χ4v) is 3.20. The van der Waals surface area contributed by atoms with Crippen LogP contribution < -0.4 is 16.0 Å². The maximum Gasteiger partial charge on any atom is 0.416 e. The minimum absolute atomic E-state index is 0. The van der Waals surface area contributed by atoms with E-state index < -0.39 is 17.6 Å². The van der Waals surface area contributed by atoms with Crippen molar-refractivity contribution in [2.45, 2.75) is 19.0 Å². The average Bonchev–Trinajstić information content (AvgIpc) is 3.21. The topological polar surface area (TPSA) is 65.5 Å². The summed E-state index contributed by atoms with van der Waals surface area (Å²) in [7, 11) is 1.66. The summed E-state index contributed by atoms with van der Waals surface area (Å²) in [5.41, 5.74) is -0.599. The number of nitrogens with zero attached hydrogens (tertiary/aromatic N) is 1. The van der Waals surface area contributed by atoms with Gasteiger partial charge in [0.05, 0.1) is 5.56 Å². The first kappa shape index (κ1) is 25.2. The number of carbonyl (C=O) groups excluding carboxylic acids is 1. The van der Waals surface area contributed by atoms with Crippen molar-refractivity contribution in [1.29, 1.82) is 0 Å². The lowest BCUT2D eigenvalue weighted by Gasteiger charge is -2.15. The molecule has 3 N–H and O–H groups in total. The normalized spacial score (nSPS) is 12.7. The van der Waals surface area contributed by atoms with Crippen molar-refractivity contribution in [3.8, 4) is 0 Å². The van der Waals surface area contributed by atoms with E-state index in [1.54, 1.807) is 18.4 Å². The number of benzene rings is 1. The monoisotopic (exact) mass is 540 g/mol. The maximum absolute atomic E-state index is 12.5. The van der Waals surface area contributed by atoms with Crippen LogP contribution in [-0.2, 0) is 6.18 Å². The summed E-state index contributed by atoms with van der Waals surface area (Å²) in [6, 6.07) is 8.23. The number of aliphatic imine (C=N–C) groups is 1. The molecule has 29 heavy (non-hydrogen) atoms. The van der Waals surface area contributed by atoms with Crippen molar-refractivity contribution >= 4 is 47.2 Å². The fraction of sp³-hybridized carbons (Fsp3) is 0.368. The highest BCUT2D eigenvalue weighted by molar-refractivity contribution is 14.0. The quantitative estimate of drug-likeness (QED) is 0.215. The predicted octanol–water partition coefficient (Wildman–Crippen LogP) is 4.08. The molecule has 1 atom stereocenters. The number of rotatable bonds is 7. The second-order valence-electron chi connectivity index (χ2n) is 6.13. The van der Waals surface area contributed by atoms with Gasteiger partial charge in [-0.25, -0.2) is 0 Å². The standard InChI is InChI=1S/C19H23F3N4OS.HI/c1-13(16-4-3-11-28-16)12-26-18(23-2)25-10-9-24-17(27)14-5-7-15(8-6-14)19(20,21)22;/h3-8,11,13H,9-10,12H2,1-2H3,(H,24,27)(H2,23,25,26);1H. The molecule has 2 rings (SSSR count). The van der Waals surface area contributed by atoms with E-state index in [4.69, 9.17) is 0 Å². The Morgan fingerprint density at radius 1 is 1.10 bits per heavy atom. The Balaban J connectivity index is 0.00000420. The first-order valence-electron chi connectivity index (χ1n) is 8.74. The largest absolute Gasteiger partial charge is 0.416 e. The lowest BCUT2D eigenvalue weighted by molar-refractivity contribution is -0.137. The van der Waals surface area contributed by atoms with E-state index in [0.29, 0.717) is 25.0 Å². The van der Waals surface area contributed by atoms with Crippen molar-refractivity contribution in [3.63, 3.8) is 0 Å². The highest BCUT2D eigenvalue weighted by atomic mass is 127. The Morgan fingerprint density at radius 3 is 2.31 bits per heavy atom. The van der Waals surface area contributed by atoms with Gasteiger partial charge in [-0.3, -0.25) is 9.79 Å². The molecule has 1 aromatic carbocycles. The van der Waals surface area contributed by atoms with Crippen molar-refractivity contribution in [3.05, 3.63) is 57.8 Å². The predicted molar refractivity (Wildman–Crippen MR) is 121 cm³/mol. The third-order valence-electron chi connectivity index (χ3n) is 4.01. The van der Waals surface area contributed by atoms with E-state index >= 15 is 0 Å². The van der Waals surface area contributed by atoms with Crippen LogP contribution in [0, 0.1) is 0 Å². The number of alkyl halides is 3. The van der Waals surface area contributed by atoms with Gasteiger partial charge in [-0.15, -0.1) is 35.3 Å². The molecule has 5 nitrogen and oxygen atoms in total. The Hall–Kier alpha value is -1.82. The first-order chi connectivity index (χ1) is 13.3. The number of thiophene rings is 1. The molecular weight excluding hydrogens is 516 g/mol. The molecule has 0 saturated carbocycles. The van der Waals surface area contributed by atoms with Crippen molar-refractivity contribution in [2.75, 3.05) is 26.7 Å². The van der Waals surface area contributed by atoms with Crippen LogP contribution in [-0.4, -0.2) is 38.5 Å². The van der Waals surface area contributed by atoms with Crippen molar-refractivity contribution in [1.82, 2.24) is 16.0 Å². The molecule has 0 fully saturated rings. The smallest absolute Gasteiger partial charge is 0.356 e. The van der Waals surface area contributed by atoms with E-state index in [-0.39, 0.29) is 29.5 Å². The number of guanidine groups is 1. The maximum atomic E-state index is 12.5. The summed E-state index contributed by atoms with van der Waals surface area (Å²) in [5, 5.41) is 11.0. The van der Waals surface area contributed by atoms with Crippen LogP contribution in [0.2, 0.25) is 0 Å². The van der Waals surface area contributed by atoms with Gasteiger partial charge in [-0.05, 0) is 35.7 Å². The van der Waals surface area contributed by atoms with Gasteiger partial charge >= 0.3 is 6.18 Å². The van der Waals surface area contributed by atoms with Crippen LogP contribution in [0.25, 0.3) is 0 Å². The van der Waals surface area contributed by atoms with Gasteiger partial charge in [0, 0.05) is 43.0 Å². The molecule has 1 unspecified atom stereocenters. The molecule has 0 saturated heterocycles. The molecule has 0 radical (unpaired) electrons. The summed E-state index contributed by atoms with van der Waals surface area (Å²) in [6.07, 6.45) is -4.41. The SMILES string of the molecule is CN=C(NCCNC(=O)c1ccc(C(F)(F)F)cc1)NCC(C)c1cccs1.I. The molecule has 1 aromatic heterocycles. The molecule has 1 heterocycles. The zero-order valence-electron chi connectivity index (χ0n) is 16.0. The minimum Gasteiger partial charge on any atom is -0.356 e. The Kier molecular flexibility index (Phi) is 10.4. The Bertz CT molecular complexity index is 780. The molecule has 0 spiro atoms. The zero-order chi connectivity index (χ0) is 20.6. The lowest BCUT2D eigenvalue weighted by Crippen LogP contribution is -2.42. The van der Waals surface area contributed by atoms with Gasteiger partial charge in [0.1, 0.15) is 0 Å². The van der Waals surface area contributed by atoms with E-state index in [1.165, 1.54) is 4.88 Å². The highest BCUT2D eigenvalue weighted by Gasteiger charge is 2.30. The molecule has 1 amide bonds. The molecule has 10 heteroatoms. The number of nitrogens with one attached hydrogen (secondary N) is 3. The Morgan fingerprint density at radius 2 is 1.76 bits per heavy atom. The molecule has 0 aliphatic carbocycles. The van der Waals surface area contributed by atoms with Crippen molar-refractivity contribution < 1.29 is 18.0 Å². The van der Waals surface area contributed by atoms with Gasteiger partial charge in [0.15, 0.2) is 5.96 Å². The van der Waals surface area contributed by atoms with Gasteiger partial charge in [-0.1, -0.05) is 13.0 Å². The summed E-state index contributed by atoms with van der Waals surface area (Å²) >= 11 is 1.70. The van der Waals surface area contributed by atoms with E-state index in [1.807, 2.05) is 11.4 Å². The number of hydrogen-bond acceptors (Lipinski definition) is 3.